The number of rotatable bonds is 5. The summed E-state index contributed by atoms with van der Waals surface area (Å²) in [5.41, 5.74) is 1.16. The number of aromatic nitrogens is 3. The highest BCUT2D eigenvalue weighted by Crippen LogP contribution is 2.22. The molecule has 0 aliphatic heterocycles. The lowest BCUT2D eigenvalue weighted by Gasteiger charge is -2.19. The Bertz CT molecular complexity index is 842. The second kappa shape index (κ2) is 7.98. The highest BCUT2D eigenvalue weighted by atomic mass is 79.9. The zero-order chi connectivity index (χ0) is 17.6. The Hall–Kier alpha value is -2.61. The Morgan fingerprint density at radius 1 is 1.32 bits per heavy atom. The van der Waals surface area contributed by atoms with E-state index in [1.807, 2.05) is 24.3 Å². The summed E-state index contributed by atoms with van der Waals surface area (Å²) in [6.45, 7) is 2.55. The molecule has 0 saturated carbocycles. The average Bonchev–Trinajstić information content (AvgIpc) is 3.30. The van der Waals surface area contributed by atoms with E-state index in [4.69, 9.17) is 4.42 Å². The molecule has 0 spiro atoms. The molecule has 0 radical (unpaired) electrons. The van der Waals surface area contributed by atoms with Gasteiger partial charge in [0.1, 0.15) is 5.82 Å². The molecule has 0 bridgehead atoms. The average molecular weight is 403 g/mol. The highest BCUT2D eigenvalue weighted by Gasteiger charge is 2.12. The van der Waals surface area contributed by atoms with Crippen LogP contribution in [-0.2, 0) is 6.54 Å². The van der Waals surface area contributed by atoms with Crippen LogP contribution in [0.5, 0.6) is 0 Å². The standard InChI is InChI=1S/C17H19BrN6O/c1-11(12-6-3-4-7-13(12)18)21-17(19-2)20-10-15-22-16(24-23-15)14-8-5-9-25-14/h3-9,11H,10H2,1-2H3,(H2,19,20,21)(H,22,23,24). The fourth-order valence-electron chi connectivity index (χ4n) is 2.36. The molecule has 1 aromatic carbocycles. The minimum Gasteiger partial charge on any atom is -0.461 e. The van der Waals surface area contributed by atoms with Gasteiger partial charge in [-0.25, -0.2) is 4.98 Å². The summed E-state index contributed by atoms with van der Waals surface area (Å²) in [7, 11) is 1.73. The van der Waals surface area contributed by atoms with Gasteiger partial charge in [-0.2, -0.15) is 0 Å². The van der Waals surface area contributed by atoms with E-state index >= 15 is 0 Å². The number of aliphatic imine (C=N–C) groups is 1. The van der Waals surface area contributed by atoms with Gasteiger partial charge in [-0.3, -0.25) is 10.1 Å². The van der Waals surface area contributed by atoms with Crippen molar-refractivity contribution in [2.45, 2.75) is 19.5 Å². The normalized spacial score (nSPS) is 12.8. The van der Waals surface area contributed by atoms with Crippen molar-refractivity contribution in [3.05, 3.63) is 58.5 Å². The van der Waals surface area contributed by atoms with E-state index in [2.05, 4.69) is 59.7 Å². The van der Waals surface area contributed by atoms with Gasteiger partial charge in [-0.05, 0) is 30.7 Å². The first kappa shape index (κ1) is 17.2. The van der Waals surface area contributed by atoms with E-state index in [-0.39, 0.29) is 6.04 Å². The second-order valence-corrected chi connectivity index (χ2v) is 6.25. The molecule has 3 N–H and O–H groups in total. The summed E-state index contributed by atoms with van der Waals surface area (Å²) in [5.74, 6) is 2.54. The maximum absolute atomic E-state index is 5.29. The lowest BCUT2D eigenvalue weighted by atomic mass is 10.1. The van der Waals surface area contributed by atoms with Crippen LogP contribution < -0.4 is 10.6 Å². The van der Waals surface area contributed by atoms with Gasteiger partial charge in [0.2, 0.25) is 5.82 Å². The van der Waals surface area contributed by atoms with Crippen molar-refractivity contribution in [1.29, 1.82) is 0 Å². The smallest absolute Gasteiger partial charge is 0.216 e. The topological polar surface area (TPSA) is 91.1 Å². The predicted octanol–water partition coefficient (Wildman–Crippen LogP) is 3.25. The maximum Gasteiger partial charge on any atom is 0.216 e. The van der Waals surface area contributed by atoms with Crippen molar-refractivity contribution in [3.63, 3.8) is 0 Å². The minimum absolute atomic E-state index is 0.0928. The molecular formula is C17H19BrN6O. The van der Waals surface area contributed by atoms with Crippen LogP contribution in [0.3, 0.4) is 0 Å². The van der Waals surface area contributed by atoms with Crippen molar-refractivity contribution in [1.82, 2.24) is 25.8 Å². The fraction of sp³-hybridized carbons (Fsp3) is 0.235. The van der Waals surface area contributed by atoms with Gasteiger partial charge in [0, 0.05) is 11.5 Å². The molecule has 2 aromatic heterocycles. The van der Waals surface area contributed by atoms with Gasteiger partial charge < -0.3 is 15.1 Å². The summed E-state index contributed by atoms with van der Waals surface area (Å²) >= 11 is 3.57. The fourth-order valence-corrected chi connectivity index (χ4v) is 2.99. The first-order valence-electron chi connectivity index (χ1n) is 7.84. The summed E-state index contributed by atoms with van der Waals surface area (Å²) in [6.07, 6.45) is 1.60. The van der Waals surface area contributed by atoms with Crippen molar-refractivity contribution in [2.24, 2.45) is 4.99 Å². The van der Waals surface area contributed by atoms with Crippen molar-refractivity contribution >= 4 is 21.9 Å². The SMILES string of the molecule is CN=C(NCc1nc(-c2ccco2)n[nH]1)NC(C)c1ccccc1Br. The third kappa shape index (κ3) is 4.27. The number of furan rings is 1. The molecule has 1 unspecified atom stereocenters. The van der Waals surface area contributed by atoms with Crippen LogP contribution in [0.4, 0.5) is 0 Å². The Morgan fingerprint density at radius 3 is 2.88 bits per heavy atom. The monoisotopic (exact) mass is 402 g/mol. The number of nitrogens with zero attached hydrogens (tertiary/aromatic N) is 3. The third-order valence-corrected chi connectivity index (χ3v) is 4.37. The summed E-state index contributed by atoms with van der Waals surface area (Å²) in [5, 5.41) is 13.6. The van der Waals surface area contributed by atoms with Crippen LogP contribution in [0.2, 0.25) is 0 Å². The number of aromatic amines is 1. The number of hydrogen-bond acceptors (Lipinski definition) is 4. The Kier molecular flexibility index (Phi) is 5.49. The lowest BCUT2D eigenvalue weighted by molar-refractivity contribution is 0.577. The Labute approximate surface area is 154 Å². The number of nitrogens with one attached hydrogen (secondary N) is 3. The third-order valence-electron chi connectivity index (χ3n) is 3.65. The molecule has 7 nitrogen and oxygen atoms in total. The highest BCUT2D eigenvalue weighted by molar-refractivity contribution is 9.10. The van der Waals surface area contributed by atoms with Crippen LogP contribution in [-0.4, -0.2) is 28.2 Å². The quantitative estimate of drug-likeness (QED) is 0.450. The summed E-state index contributed by atoms with van der Waals surface area (Å²) < 4.78 is 6.35. The van der Waals surface area contributed by atoms with Gasteiger partial charge in [-0.1, -0.05) is 34.1 Å². The van der Waals surface area contributed by atoms with E-state index in [1.54, 1.807) is 19.4 Å². The van der Waals surface area contributed by atoms with E-state index < -0.39 is 0 Å². The molecule has 3 aromatic rings. The van der Waals surface area contributed by atoms with E-state index in [0.29, 0.717) is 29.9 Å². The van der Waals surface area contributed by atoms with Crippen LogP contribution in [0.15, 0.2) is 56.5 Å². The van der Waals surface area contributed by atoms with E-state index in [9.17, 15) is 0 Å². The largest absolute Gasteiger partial charge is 0.461 e. The zero-order valence-electron chi connectivity index (χ0n) is 14.0. The maximum atomic E-state index is 5.29. The van der Waals surface area contributed by atoms with E-state index in [1.165, 1.54) is 0 Å². The predicted molar refractivity (Wildman–Crippen MR) is 100.0 cm³/mol. The molecule has 1 atom stereocenters. The van der Waals surface area contributed by atoms with Crippen molar-refractivity contribution < 1.29 is 4.42 Å². The van der Waals surface area contributed by atoms with Crippen molar-refractivity contribution in [3.8, 4) is 11.6 Å². The van der Waals surface area contributed by atoms with Gasteiger partial charge in [0.15, 0.2) is 11.7 Å². The molecule has 0 aliphatic carbocycles. The second-order valence-electron chi connectivity index (χ2n) is 5.40. The molecule has 0 saturated heterocycles. The van der Waals surface area contributed by atoms with Crippen molar-refractivity contribution in [2.75, 3.05) is 7.05 Å². The Balaban J connectivity index is 1.59. The number of halogens is 1. The zero-order valence-corrected chi connectivity index (χ0v) is 15.5. The number of H-pyrrole nitrogens is 1. The first-order chi connectivity index (χ1) is 12.2. The molecule has 0 amide bonds. The molecule has 0 aliphatic rings. The van der Waals surface area contributed by atoms with Crippen LogP contribution in [0.1, 0.15) is 24.4 Å². The van der Waals surface area contributed by atoms with E-state index in [0.717, 1.165) is 10.0 Å². The van der Waals surface area contributed by atoms with Crippen LogP contribution in [0, 0.1) is 0 Å². The molecule has 3 rings (SSSR count). The van der Waals surface area contributed by atoms with Crippen LogP contribution in [0.25, 0.3) is 11.6 Å². The Morgan fingerprint density at radius 2 is 2.16 bits per heavy atom. The molecule has 25 heavy (non-hydrogen) atoms. The molecular weight excluding hydrogens is 384 g/mol. The minimum atomic E-state index is 0.0928. The molecule has 130 valence electrons. The summed E-state index contributed by atoms with van der Waals surface area (Å²) in [4.78, 5) is 8.65. The summed E-state index contributed by atoms with van der Waals surface area (Å²) in [6, 6.07) is 11.8. The molecule has 8 heteroatoms. The first-order valence-corrected chi connectivity index (χ1v) is 8.63. The van der Waals surface area contributed by atoms with Crippen LogP contribution >= 0.6 is 15.9 Å². The van der Waals surface area contributed by atoms with Gasteiger partial charge in [0.05, 0.1) is 18.8 Å². The van der Waals surface area contributed by atoms with Gasteiger partial charge >= 0.3 is 0 Å². The number of hydrogen-bond donors (Lipinski definition) is 3. The lowest BCUT2D eigenvalue weighted by Crippen LogP contribution is -2.38. The molecule has 2 heterocycles. The number of guanidine groups is 1. The number of benzene rings is 1. The molecule has 0 fully saturated rings. The van der Waals surface area contributed by atoms with Gasteiger partial charge in [0.25, 0.3) is 0 Å². The van der Waals surface area contributed by atoms with Gasteiger partial charge in [-0.15, -0.1) is 5.10 Å².